The average Bonchev–Trinajstić information content (AvgIpc) is 2.71. The Kier molecular flexibility index (Phi) is 4.07. The van der Waals surface area contributed by atoms with Crippen LogP contribution in [0.3, 0.4) is 0 Å². The number of rotatable bonds is 5. The van der Waals surface area contributed by atoms with Gasteiger partial charge in [0.15, 0.2) is 0 Å². The highest BCUT2D eigenvalue weighted by molar-refractivity contribution is 5.93. The summed E-state index contributed by atoms with van der Waals surface area (Å²) in [7, 11) is 0. The number of nitrogens with zero attached hydrogens (tertiary/aromatic N) is 1. The van der Waals surface area contributed by atoms with E-state index in [2.05, 4.69) is 9.88 Å². The first-order chi connectivity index (χ1) is 8.63. The molecule has 2 rings (SSSR count). The van der Waals surface area contributed by atoms with Crippen LogP contribution >= 0.6 is 0 Å². The fourth-order valence-electron chi connectivity index (χ4n) is 2.23. The van der Waals surface area contributed by atoms with Gasteiger partial charge in [-0.2, -0.15) is 0 Å². The molecule has 1 fully saturated rings. The van der Waals surface area contributed by atoms with Crippen LogP contribution < -0.4 is 5.32 Å². The first-order valence-corrected chi connectivity index (χ1v) is 6.72. The number of amides is 1. The molecule has 1 aromatic heterocycles. The third-order valence-corrected chi connectivity index (χ3v) is 3.80. The second-order valence-corrected chi connectivity index (χ2v) is 5.39. The zero-order valence-corrected chi connectivity index (χ0v) is 11.1. The van der Waals surface area contributed by atoms with Crippen LogP contribution in [0.25, 0.3) is 0 Å². The molecular formula is C14H22N2O2. The molecule has 4 heteroatoms. The molecule has 1 saturated carbocycles. The molecule has 1 aromatic rings. The normalized spacial score (nSPS) is 17.6. The van der Waals surface area contributed by atoms with Crippen LogP contribution in [0.2, 0.25) is 0 Å². The number of nitrogens with one attached hydrogen (secondary N) is 1. The van der Waals surface area contributed by atoms with E-state index < -0.39 is 0 Å². The van der Waals surface area contributed by atoms with Gasteiger partial charge in [0.05, 0.1) is 12.6 Å². The Labute approximate surface area is 108 Å². The van der Waals surface area contributed by atoms with Gasteiger partial charge in [-0.3, -0.25) is 4.79 Å². The van der Waals surface area contributed by atoms with Gasteiger partial charge >= 0.3 is 0 Å². The number of aliphatic hydroxyl groups excluding tert-OH is 1. The van der Waals surface area contributed by atoms with E-state index in [0.717, 1.165) is 12.8 Å². The zero-order chi connectivity index (χ0) is 13.1. The van der Waals surface area contributed by atoms with Crippen molar-refractivity contribution in [1.29, 1.82) is 0 Å². The summed E-state index contributed by atoms with van der Waals surface area (Å²) in [4.78, 5) is 12.2. The summed E-state index contributed by atoms with van der Waals surface area (Å²) in [6.07, 6.45) is 5.53. The average molecular weight is 250 g/mol. The molecule has 0 spiro atoms. The lowest BCUT2D eigenvalue weighted by atomic mass is 9.93. The standard InChI is InChI=1S/C14H22N2O2/c1-10(2)12(9-17)15-14(18)13-7-4-8-16(13)11-5-3-6-11/h4,7-8,10-12,17H,3,5-6,9H2,1-2H3,(H,15,18)/t12-/m1/s1. The zero-order valence-electron chi connectivity index (χ0n) is 11.1. The monoisotopic (exact) mass is 250 g/mol. The van der Waals surface area contributed by atoms with E-state index >= 15 is 0 Å². The van der Waals surface area contributed by atoms with Crippen molar-refractivity contribution in [2.24, 2.45) is 5.92 Å². The van der Waals surface area contributed by atoms with Gasteiger partial charge in [-0.25, -0.2) is 0 Å². The van der Waals surface area contributed by atoms with Gasteiger partial charge in [0.25, 0.3) is 5.91 Å². The van der Waals surface area contributed by atoms with Crippen molar-refractivity contribution in [3.8, 4) is 0 Å². The lowest BCUT2D eigenvalue weighted by Crippen LogP contribution is -2.42. The van der Waals surface area contributed by atoms with Gasteiger partial charge in [0, 0.05) is 12.2 Å². The second kappa shape index (κ2) is 5.57. The molecule has 0 unspecified atom stereocenters. The van der Waals surface area contributed by atoms with Crippen LogP contribution in [-0.2, 0) is 0 Å². The van der Waals surface area contributed by atoms with Crippen LogP contribution in [0.1, 0.15) is 49.6 Å². The quantitative estimate of drug-likeness (QED) is 0.839. The summed E-state index contributed by atoms with van der Waals surface area (Å²) in [5.74, 6) is 0.144. The minimum Gasteiger partial charge on any atom is -0.394 e. The predicted octanol–water partition coefficient (Wildman–Crippen LogP) is 1.96. The largest absolute Gasteiger partial charge is 0.394 e. The Morgan fingerprint density at radius 2 is 2.28 bits per heavy atom. The predicted molar refractivity (Wildman–Crippen MR) is 70.5 cm³/mol. The topological polar surface area (TPSA) is 54.3 Å². The summed E-state index contributed by atoms with van der Waals surface area (Å²) in [6.45, 7) is 3.96. The molecule has 0 saturated heterocycles. The van der Waals surface area contributed by atoms with Crippen molar-refractivity contribution in [3.63, 3.8) is 0 Å². The first-order valence-electron chi connectivity index (χ1n) is 6.72. The summed E-state index contributed by atoms with van der Waals surface area (Å²) in [5, 5.41) is 12.2. The highest BCUT2D eigenvalue weighted by Gasteiger charge is 2.24. The molecule has 2 N–H and O–H groups in total. The molecule has 1 aliphatic carbocycles. The highest BCUT2D eigenvalue weighted by Crippen LogP contribution is 2.32. The number of carbonyl (C=O) groups is 1. The molecule has 1 amide bonds. The molecule has 1 heterocycles. The molecule has 0 bridgehead atoms. The minimum absolute atomic E-state index is 0.0203. The molecule has 1 aliphatic rings. The fourth-order valence-corrected chi connectivity index (χ4v) is 2.23. The molecule has 4 nitrogen and oxygen atoms in total. The van der Waals surface area contributed by atoms with Gasteiger partial charge in [0.1, 0.15) is 5.69 Å². The van der Waals surface area contributed by atoms with Gasteiger partial charge < -0.3 is 15.0 Å². The maximum Gasteiger partial charge on any atom is 0.268 e. The summed E-state index contributed by atoms with van der Waals surface area (Å²) in [5.41, 5.74) is 0.707. The van der Waals surface area contributed by atoms with Crippen molar-refractivity contribution in [3.05, 3.63) is 24.0 Å². The van der Waals surface area contributed by atoms with E-state index in [0.29, 0.717) is 11.7 Å². The number of carbonyl (C=O) groups excluding carboxylic acids is 1. The van der Waals surface area contributed by atoms with Crippen LogP contribution in [0.15, 0.2) is 18.3 Å². The molecule has 100 valence electrons. The van der Waals surface area contributed by atoms with Crippen molar-refractivity contribution >= 4 is 5.91 Å². The van der Waals surface area contributed by atoms with Gasteiger partial charge in [-0.05, 0) is 37.3 Å². The molecule has 1 atom stereocenters. The summed E-state index contributed by atoms with van der Waals surface area (Å²) < 4.78 is 2.06. The number of hydrogen-bond acceptors (Lipinski definition) is 2. The maximum absolute atomic E-state index is 12.2. The number of hydrogen-bond donors (Lipinski definition) is 2. The lowest BCUT2D eigenvalue weighted by Gasteiger charge is -2.29. The van der Waals surface area contributed by atoms with Gasteiger partial charge in [-0.1, -0.05) is 13.8 Å². The Bertz CT molecular complexity index is 408. The van der Waals surface area contributed by atoms with Crippen molar-refractivity contribution < 1.29 is 9.90 Å². The highest BCUT2D eigenvalue weighted by atomic mass is 16.3. The Hall–Kier alpha value is -1.29. The number of aliphatic hydroxyl groups is 1. The van der Waals surface area contributed by atoms with Crippen LogP contribution in [0.5, 0.6) is 0 Å². The SMILES string of the molecule is CC(C)[C@@H](CO)NC(=O)c1cccn1C1CCC1. The van der Waals surface area contributed by atoms with E-state index in [1.807, 2.05) is 32.2 Å². The third-order valence-electron chi connectivity index (χ3n) is 3.80. The third kappa shape index (κ3) is 2.58. The Morgan fingerprint density at radius 3 is 2.78 bits per heavy atom. The first kappa shape index (κ1) is 13.1. The van der Waals surface area contributed by atoms with Crippen LogP contribution in [-0.4, -0.2) is 28.2 Å². The summed E-state index contributed by atoms with van der Waals surface area (Å²) >= 11 is 0. The van der Waals surface area contributed by atoms with Crippen molar-refractivity contribution in [2.45, 2.75) is 45.2 Å². The lowest BCUT2D eigenvalue weighted by molar-refractivity contribution is 0.0881. The second-order valence-electron chi connectivity index (χ2n) is 5.39. The van der Waals surface area contributed by atoms with E-state index in [4.69, 9.17) is 0 Å². The Morgan fingerprint density at radius 1 is 1.56 bits per heavy atom. The van der Waals surface area contributed by atoms with Crippen LogP contribution in [0, 0.1) is 5.92 Å². The Balaban J connectivity index is 2.06. The minimum atomic E-state index is -0.178. The fraction of sp³-hybridized carbons (Fsp3) is 0.643. The smallest absolute Gasteiger partial charge is 0.268 e. The van der Waals surface area contributed by atoms with E-state index in [1.165, 1.54) is 6.42 Å². The summed E-state index contributed by atoms with van der Waals surface area (Å²) in [6, 6.07) is 4.06. The maximum atomic E-state index is 12.2. The molecule has 0 aromatic carbocycles. The number of aromatic nitrogens is 1. The molecule has 0 aliphatic heterocycles. The van der Waals surface area contributed by atoms with E-state index in [-0.39, 0.29) is 24.5 Å². The van der Waals surface area contributed by atoms with Gasteiger partial charge in [-0.15, -0.1) is 0 Å². The molecule has 0 radical (unpaired) electrons. The van der Waals surface area contributed by atoms with Crippen LogP contribution in [0.4, 0.5) is 0 Å². The van der Waals surface area contributed by atoms with E-state index in [9.17, 15) is 9.90 Å². The molecular weight excluding hydrogens is 228 g/mol. The van der Waals surface area contributed by atoms with E-state index in [1.54, 1.807) is 0 Å². The van der Waals surface area contributed by atoms with Crippen molar-refractivity contribution in [2.75, 3.05) is 6.61 Å². The molecule has 18 heavy (non-hydrogen) atoms. The van der Waals surface area contributed by atoms with Gasteiger partial charge in [0.2, 0.25) is 0 Å². The van der Waals surface area contributed by atoms with Crippen molar-refractivity contribution in [1.82, 2.24) is 9.88 Å².